The lowest BCUT2D eigenvalue weighted by molar-refractivity contribution is -0.142. The number of rotatable bonds is 5. The van der Waals surface area contributed by atoms with Gasteiger partial charge in [0.15, 0.2) is 0 Å². The van der Waals surface area contributed by atoms with E-state index in [-0.39, 0.29) is 30.8 Å². The molecular weight excluding hydrogens is 342 g/mol. The number of carbonyl (C=O) groups is 2. The smallest absolute Gasteiger partial charge is 0.244 e. The first-order chi connectivity index (χ1) is 11.4. The van der Waals surface area contributed by atoms with Gasteiger partial charge in [-0.2, -0.15) is 0 Å². The quantitative estimate of drug-likeness (QED) is 0.831. The van der Waals surface area contributed by atoms with Crippen LogP contribution in [0.4, 0.5) is 5.69 Å². The number of benzene rings is 1. The van der Waals surface area contributed by atoms with E-state index in [1.807, 2.05) is 39.0 Å². The molecule has 0 aliphatic carbocycles. The minimum atomic E-state index is -0.923. The molecule has 0 atom stereocenters. The lowest BCUT2D eigenvalue weighted by Gasteiger charge is -2.36. The van der Waals surface area contributed by atoms with Crippen LogP contribution in [0.2, 0.25) is 0 Å². The Bertz CT molecular complexity index is 595. The summed E-state index contributed by atoms with van der Waals surface area (Å²) in [5, 5.41) is 2.92. The third kappa shape index (κ3) is 5.17. The lowest BCUT2D eigenvalue weighted by Crippen LogP contribution is -2.59. The van der Waals surface area contributed by atoms with Crippen molar-refractivity contribution in [3.63, 3.8) is 0 Å². The molecule has 2 rings (SSSR count). The highest BCUT2D eigenvalue weighted by Crippen LogP contribution is 2.22. The highest BCUT2D eigenvalue weighted by atomic mass is 35.5. The highest BCUT2D eigenvalue weighted by molar-refractivity contribution is 5.97. The number of hydrogen-bond acceptors (Lipinski definition) is 4. The topological polar surface area (TPSA) is 84.7 Å². The van der Waals surface area contributed by atoms with Gasteiger partial charge >= 0.3 is 0 Å². The summed E-state index contributed by atoms with van der Waals surface area (Å²) in [5.74, 6) is -0.386. The van der Waals surface area contributed by atoms with Crippen LogP contribution in [0.5, 0.6) is 0 Å². The van der Waals surface area contributed by atoms with Crippen LogP contribution < -0.4 is 11.1 Å². The Morgan fingerprint density at radius 2 is 1.80 bits per heavy atom. The second-order valence-electron chi connectivity index (χ2n) is 6.40. The van der Waals surface area contributed by atoms with Crippen molar-refractivity contribution < 1.29 is 14.3 Å². The number of likely N-dealkylation sites (N-methyl/N-ethyl adjacent to an activating group) is 1. The van der Waals surface area contributed by atoms with Crippen LogP contribution in [-0.2, 0) is 14.3 Å². The molecule has 0 unspecified atom stereocenters. The number of hydrogen-bond donors (Lipinski definition) is 2. The number of halogens is 1. The van der Waals surface area contributed by atoms with Gasteiger partial charge in [-0.3, -0.25) is 9.59 Å². The van der Waals surface area contributed by atoms with Gasteiger partial charge in [-0.25, -0.2) is 0 Å². The van der Waals surface area contributed by atoms with Gasteiger partial charge < -0.3 is 20.7 Å². The minimum Gasteiger partial charge on any atom is -0.381 e. The fourth-order valence-corrected chi connectivity index (χ4v) is 2.96. The zero-order valence-corrected chi connectivity index (χ0v) is 15.9. The molecule has 1 fully saturated rings. The van der Waals surface area contributed by atoms with Crippen molar-refractivity contribution in [3.8, 4) is 0 Å². The maximum atomic E-state index is 12.7. The first-order valence-electron chi connectivity index (χ1n) is 8.39. The first kappa shape index (κ1) is 21.4. The van der Waals surface area contributed by atoms with Crippen molar-refractivity contribution in [1.82, 2.24) is 4.90 Å². The summed E-state index contributed by atoms with van der Waals surface area (Å²) in [7, 11) is 0. The van der Waals surface area contributed by atoms with Gasteiger partial charge in [0.1, 0.15) is 0 Å². The Kier molecular flexibility index (Phi) is 7.86. The van der Waals surface area contributed by atoms with Crippen LogP contribution in [0.25, 0.3) is 0 Å². The number of anilines is 1. The predicted octanol–water partition coefficient (Wildman–Crippen LogP) is 2.02. The van der Waals surface area contributed by atoms with Gasteiger partial charge in [-0.15, -0.1) is 12.4 Å². The Morgan fingerprint density at radius 3 is 2.32 bits per heavy atom. The molecule has 0 radical (unpaired) electrons. The molecule has 3 N–H and O–H groups in total. The highest BCUT2D eigenvalue weighted by Gasteiger charge is 2.39. The van der Waals surface area contributed by atoms with Gasteiger partial charge in [0.25, 0.3) is 0 Å². The van der Waals surface area contributed by atoms with Crippen LogP contribution in [-0.4, -0.2) is 48.6 Å². The molecular formula is C18H28ClN3O3. The standard InChI is InChI=1S/C18H27N3O3.ClH/c1-4-21(17(23)18(19)8-10-24-11-9-18)12-15(22)20-16-13(2)6-5-7-14(16)3;/h5-7H,4,8-12,19H2,1-3H3,(H,20,22);1H. The van der Waals surface area contributed by atoms with Crippen molar-refractivity contribution in [1.29, 1.82) is 0 Å². The SMILES string of the molecule is CCN(CC(=O)Nc1c(C)cccc1C)C(=O)C1(N)CCOCC1.Cl. The van der Waals surface area contributed by atoms with Crippen LogP contribution in [0.15, 0.2) is 18.2 Å². The Hall–Kier alpha value is -1.63. The molecule has 0 aromatic heterocycles. The van der Waals surface area contributed by atoms with Gasteiger partial charge in [-0.05, 0) is 44.7 Å². The molecule has 1 aliphatic heterocycles. The fourth-order valence-electron chi connectivity index (χ4n) is 2.96. The second kappa shape index (κ2) is 9.17. The molecule has 6 nitrogen and oxygen atoms in total. The van der Waals surface area contributed by atoms with Crippen molar-refractivity contribution in [2.75, 3.05) is 31.6 Å². The van der Waals surface area contributed by atoms with Crippen LogP contribution in [0.3, 0.4) is 0 Å². The van der Waals surface area contributed by atoms with Crippen molar-refractivity contribution in [2.24, 2.45) is 5.73 Å². The second-order valence-corrected chi connectivity index (χ2v) is 6.40. The molecule has 0 saturated carbocycles. The van der Waals surface area contributed by atoms with E-state index in [1.165, 1.54) is 4.90 Å². The van der Waals surface area contributed by atoms with Crippen LogP contribution in [0.1, 0.15) is 30.9 Å². The molecule has 0 spiro atoms. The summed E-state index contributed by atoms with van der Waals surface area (Å²) in [6, 6.07) is 5.84. The fraction of sp³-hybridized carbons (Fsp3) is 0.556. The van der Waals surface area contributed by atoms with Gasteiger partial charge in [0, 0.05) is 25.4 Å². The number of ether oxygens (including phenoxy) is 1. The monoisotopic (exact) mass is 369 g/mol. The number of nitrogens with two attached hydrogens (primary N) is 1. The molecule has 0 bridgehead atoms. The summed E-state index contributed by atoms with van der Waals surface area (Å²) >= 11 is 0. The zero-order valence-electron chi connectivity index (χ0n) is 15.1. The molecule has 1 aromatic carbocycles. The Morgan fingerprint density at radius 1 is 1.24 bits per heavy atom. The van der Waals surface area contributed by atoms with E-state index < -0.39 is 5.54 Å². The number of amides is 2. The number of carbonyl (C=O) groups excluding carboxylic acids is 2. The zero-order chi connectivity index (χ0) is 17.7. The van der Waals surface area contributed by atoms with E-state index >= 15 is 0 Å². The molecule has 2 amide bonds. The molecule has 1 aromatic rings. The average molecular weight is 370 g/mol. The van der Waals surface area contributed by atoms with E-state index in [0.717, 1.165) is 16.8 Å². The third-order valence-corrected chi connectivity index (χ3v) is 4.56. The summed E-state index contributed by atoms with van der Waals surface area (Å²) in [6.45, 7) is 7.15. The summed E-state index contributed by atoms with van der Waals surface area (Å²) in [4.78, 5) is 26.7. The normalized spacial score (nSPS) is 15.8. The maximum Gasteiger partial charge on any atom is 0.244 e. The summed E-state index contributed by atoms with van der Waals surface area (Å²) < 4.78 is 5.28. The van der Waals surface area contributed by atoms with Crippen molar-refractivity contribution >= 4 is 29.9 Å². The molecule has 7 heteroatoms. The van der Waals surface area contributed by atoms with E-state index in [1.54, 1.807) is 0 Å². The van der Waals surface area contributed by atoms with Gasteiger partial charge in [0.05, 0.1) is 12.1 Å². The van der Waals surface area contributed by atoms with E-state index in [4.69, 9.17) is 10.5 Å². The van der Waals surface area contributed by atoms with E-state index in [2.05, 4.69) is 5.32 Å². The number of aryl methyl sites for hydroxylation is 2. The van der Waals surface area contributed by atoms with Gasteiger partial charge in [-0.1, -0.05) is 18.2 Å². The third-order valence-electron chi connectivity index (χ3n) is 4.56. The number of para-hydroxylation sites is 1. The van der Waals surface area contributed by atoms with E-state index in [9.17, 15) is 9.59 Å². The van der Waals surface area contributed by atoms with Crippen LogP contribution >= 0.6 is 12.4 Å². The van der Waals surface area contributed by atoms with Crippen molar-refractivity contribution in [3.05, 3.63) is 29.3 Å². The number of nitrogens with zero attached hydrogens (tertiary/aromatic N) is 1. The molecule has 1 aliphatic rings. The minimum absolute atomic E-state index is 0. The number of nitrogens with one attached hydrogen (secondary N) is 1. The summed E-state index contributed by atoms with van der Waals surface area (Å²) in [5.41, 5.74) is 8.13. The molecule has 140 valence electrons. The maximum absolute atomic E-state index is 12.7. The lowest BCUT2D eigenvalue weighted by atomic mass is 9.89. The Labute approximate surface area is 155 Å². The molecule has 25 heavy (non-hydrogen) atoms. The van der Waals surface area contributed by atoms with Crippen molar-refractivity contribution in [2.45, 2.75) is 39.2 Å². The van der Waals surface area contributed by atoms with Crippen LogP contribution in [0, 0.1) is 13.8 Å². The molecule has 1 saturated heterocycles. The molecule has 1 heterocycles. The first-order valence-corrected chi connectivity index (χ1v) is 8.39. The summed E-state index contributed by atoms with van der Waals surface area (Å²) in [6.07, 6.45) is 0.974. The van der Waals surface area contributed by atoms with Gasteiger partial charge in [0.2, 0.25) is 11.8 Å². The predicted molar refractivity (Wildman–Crippen MR) is 101 cm³/mol. The Balaban J connectivity index is 0.00000312. The largest absolute Gasteiger partial charge is 0.381 e. The van der Waals surface area contributed by atoms with E-state index in [0.29, 0.717) is 32.6 Å². The average Bonchev–Trinajstić information content (AvgIpc) is 2.56.